The average Bonchev–Trinajstić information content (AvgIpc) is 3.16. The van der Waals surface area contributed by atoms with E-state index in [4.69, 9.17) is 18.6 Å². The molecule has 3 rings (SSSR count). The zero-order chi connectivity index (χ0) is 19.2. The number of carbonyl (C=O) groups excluding carboxylic acids is 1. The molecular weight excluding hydrogens is 346 g/mol. The van der Waals surface area contributed by atoms with Gasteiger partial charge in [0.15, 0.2) is 5.76 Å². The molecule has 6 heteroatoms. The van der Waals surface area contributed by atoms with E-state index in [-0.39, 0.29) is 18.3 Å². The molecule has 0 atom stereocenters. The van der Waals surface area contributed by atoms with E-state index < -0.39 is 0 Å². The molecule has 1 heterocycles. The molecule has 0 radical (unpaired) electrons. The molecule has 1 N–H and O–H groups in total. The normalized spacial score (nSPS) is 10.3. The number of amides is 1. The summed E-state index contributed by atoms with van der Waals surface area (Å²) < 4.78 is 21.6. The predicted molar refractivity (Wildman–Crippen MR) is 102 cm³/mol. The topological polar surface area (TPSA) is 69.9 Å². The first kappa shape index (κ1) is 18.4. The number of nitrogens with one attached hydrogen (secondary N) is 1. The van der Waals surface area contributed by atoms with E-state index >= 15 is 0 Å². The summed E-state index contributed by atoms with van der Waals surface area (Å²) in [7, 11) is 3.17. The molecule has 0 aliphatic rings. The van der Waals surface area contributed by atoms with Crippen LogP contribution in [-0.4, -0.2) is 20.1 Å². The summed E-state index contributed by atoms with van der Waals surface area (Å²) >= 11 is 0. The average molecular weight is 367 g/mol. The highest BCUT2D eigenvalue weighted by Crippen LogP contribution is 2.26. The Labute approximate surface area is 157 Å². The first-order valence-electron chi connectivity index (χ1n) is 8.40. The number of carbonyl (C=O) groups is 1. The lowest BCUT2D eigenvalue weighted by Gasteiger charge is -2.10. The lowest BCUT2D eigenvalue weighted by Crippen LogP contribution is -2.12. The van der Waals surface area contributed by atoms with Crippen LogP contribution >= 0.6 is 0 Å². The molecule has 0 spiro atoms. The molecule has 0 saturated heterocycles. The van der Waals surface area contributed by atoms with E-state index in [0.29, 0.717) is 22.9 Å². The number of aryl methyl sites for hydroxylation is 1. The zero-order valence-electron chi connectivity index (χ0n) is 15.4. The number of furan rings is 1. The third kappa shape index (κ3) is 4.61. The number of rotatable bonds is 7. The number of anilines is 1. The van der Waals surface area contributed by atoms with Gasteiger partial charge in [0.25, 0.3) is 5.91 Å². The van der Waals surface area contributed by atoms with Gasteiger partial charge in [-0.25, -0.2) is 0 Å². The minimum Gasteiger partial charge on any atom is -0.497 e. The molecule has 0 bridgehead atoms. The fraction of sp³-hybridized carbons (Fsp3) is 0.190. The van der Waals surface area contributed by atoms with Gasteiger partial charge in [-0.3, -0.25) is 4.79 Å². The minimum atomic E-state index is -0.352. The monoisotopic (exact) mass is 367 g/mol. The maximum absolute atomic E-state index is 12.4. The van der Waals surface area contributed by atoms with Crippen LogP contribution in [0.2, 0.25) is 0 Å². The maximum atomic E-state index is 12.4. The molecule has 0 aliphatic carbocycles. The summed E-state index contributed by atoms with van der Waals surface area (Å²) in [6, 6.07) is 16.1. The van der Waals surface area contributed by atoms with Crippen molar-refractivity contribution in [3.05, 3.63) is 71.7 Å². The summed E-state index contributed by atoms with van der Waals surface area (Å²) in [5, 5.41) is 2.81. The van der Waals surface area contributed by atoms with Crippen molar-refractivity contribution in [2.75, 3.05) is 19.5 Å². The summed E-state index contributed by atoms with van der Waals surface area (Å²) in [6.07, 6.45) is 0. The molecule has 0 fully saturated rings. The molecule has 27 heavy (non-hydrogen) atoms. The highest BCUT2D eigenvalue weighted by molar-refractivity contribution is 6.03. The summed E-state index contributed by atoms with van der Waals surface area (Å²) in [4.78, 5) is 12.4. The van der Waals surface area contributed by atoms with Crippen LogP contribution in [0.1, 0.15) is 21.9 Å². The molecular formula is C21H21NO5. The number of hydrogen-bond donors (Lipinski definition) is 1. The van der Waals surface area contributed by atoms with Crippen LogP contribution in [0.4, 0.5) is 5.69 Å². The van der Waals surface area contributed by atoms with Crippen molar-refractivity contribution < 1.29 is 23.4 Å². The third-order valence-corrected chi connectivity index (χ3v) is 3.93. The van der Waals surface area contributed by atoms with Crippen LogP contribution in [0, 0.1) is 6.92 Å². The van der Waals surface area contributed by atoms with Gasteiger partial charge < -0.3 is 23.9 Å². The van der Waals surface area contributed by atoms with Crippen LogP contribution in [0.15, 0.2) is 59.0 Å². The molecule has 0 unspecified atom stereocenters. The van der Waals surface area contributed by atoms with Gasteiger partial charge in [0.2, 0.25) is 0 Å². The van der Waals surface area contributed by atoms with E-state index in [1.165, 1.54) is 0 Å². The molecule has 1 aromatic heterocycles. The molecule has 2 aromatic carbocycles. The van der Waals surface area contributed by atoms with Crippen LogP contribution in [-0.2, 0) is 6.61 Å². The third-order valence-electron chi connectivity index (χ3n) is 3.93. The number of methoxy groups -OCH3 is 2. The fourth-order valence-corrected chi connectivity index (χ4v) is 2.51. The Bertz CT molecular complexity index is 915. The molecule has 6 nitrogen and oxygen atoms in total. The van der Waals surface area contributed by atoms with E-state index in [2.05, 4.69) is 5.32 Å². The molecule has 1 amide bonds. The largest absolute Gasteiger partial charge is 0.497 e. The van der Waals surface area contributed by atoms with Crippen molar-refractivity contribution in [2.45, 2.75) is 13.5 Å². The fourth-order valence-electron chi connectivity index (χ4n) is 2.51. The Balaban J connectivity index is 1.62. The van der Waals surface area contributed by atoms with E-state index in [0.717, 1.165) is 11.3 Å². The number of benzene rings is 2. The Hall–Kier alpha value is -3.41. The van der Waals surface area contributed by atoms with Gasteiger partial charge in [-0.2, -0.15) is 0 Å². The quantitative estimate of drug-likeness (QED) is 0.669. The van der Waals surface area contributed by atoms with Gasteiger partial charge in [-0.15, -0.1) is 0 Å². The highest BCUT2D eigenvalue weighted by atomic mass is 16.5. The molecule has 140 valence electrons. The van der Waals surface area contributed by atoms with Crippen LogP contribution < -0.4 is 19.5 Å². The van der Waals surface area contributed by atoms with Gasteiger partial charge in [0.1, 0.15) is 29.6 Å². The molecule has 0 aliphatic heterocycles. The first-order chi connectivity index (χ1) is 13.1. The summed E-state index contributed by atoms with van der Waals surface area (Å²) in [5.41, 5.74) is 1.61. The SMILES string of the molecule is COc1ccc(OCc2ccc(C(=O)Nc3cc(C)ccc3OC)o2)cc1. The van der Waals surface area contributed by atoms with E-state index in [9.17, 15) is 4.79 Å². The minimum absolute atomic E-state index is 0.201. The lowest BCUT2D eigenvalue weighted by molar-refractivity contribution is 0.0992. The van der Waals surface area contributed by atoms with Crippen LogP contribution in [0.25, 0.3) is 0 Å². The number of ether oxygens (including phenoxy) is 3. The van der Waals surface area contributed by atoms with Crippen molar-refractivity contribution in [3.63, 3.8) is 0 Å². The second kappa shape index (κ2) is 8.31. The van der Waals surface area contributed by atoms with E-state index in [1.807, 2.05) is 31.2 Å². The standard InChI is InChI=1S/C21H21NO5/c1-14-4-10-19(25-3)18(12-14)22-21(23)20-11-9-17(27-20)13-26-16-7-5-15(24-2)6-8-16/h4-12H,13H2,1-3H3,(H,22,23). The Morgan fingerprint density at radius 3 is 2.41 bits per heavy atom. The van der Waals surface area contributed by atoms with Crippen molar-refractivity contribution >= 4 is 11.6 Å². The Morgan fingerprint density at radius 2 is 1.70 bits per heavy atom. The van der Waals surface area contributed by atoms with E-state index in [1.54, 1.807) is 44.6 Å². The second-order valence-electron chi connectivity index (χ2n) is 5.89. The van der Waals surface area contributed by atoms with Gasteiger partial charge in [0.05, 0.1) is 19.9 Å². The number of hydrogen-bond acceptors (Lipinski definition) is 5. The van der Waals surface area contributed by atoms with Crippen LogP contribution in [0.3, 0.4) is 0 Å². The smallest absolute Gasteiger partial charge is 0.291 e. The van der Waals surface area contributed by atoms with Gasteiger partial charge in [0, 0.05) is 0 Å². The van der Waals surface area contributed by atoms with Gasteiger partial charge in [-0.1, -0.05) is 6.07 Å². The van der Waals surface area contributed by atoms with Crippen molar-refractivity contribution in [1.82, 2.24) is 0 Å². The van der Waals surface area contributed by atoms with Crippen LogP contribution in [0.5, 0.6) is 17.2 Å². The predicted octanol–water partition coefficient (Wildman–Crippen LogP) is 4.44. The van der Waals surface area contributed by atoms with Gasteiger partial charge >= 0.3 is 0 Å². The zero-order valence-corrected chi connectivity index (χ0v) is 15.4. The van der Waals surface area contributed by atoms with Gasteiger partial charge in [-0.05, 0) is 61.0 Å². The molecule has 0 saturated carbocycles. The van der Waals surface area contributed by atoms with Crippen molar-refractivity contribution in [1.29, 1.82) is 0 Å². The summed E-state index contributed by atoms with van der Waals surface area (Å²) in [5.74, 6) is 2.42. The summed E-state index contributed by atoms with van der Waals surface area (Å²) in [6.45, 7) is 2.16. The highest BCUT2D eigenvalue weighted by Gasteiger charge is 2.14. The second-order valence-corrected chi connectivity index (χ2v) is 5.89. The Morgan fingerprint density at radius 1 is 0.963 bits per heavy atom. The van der Waals surface area contributed by atoms with Crippen molar-refractivity contribution in [3.8, 4) is 17.2 Å². The molecule has 3 aromatic rings. The maximum Gasteiger partial charge on any atom is 0.291 e. The van der Waals surface area contributed by atoms with Crippen molar-refractivity contribution in [2.24, 2.45) is 0 Å². The Kier molecular flexibility index (Phi) is 5.66. The first-order valence-corrected chi connectivity index (χ1v) is 8.40. The lowest BCUT2D eigenvalue weighted by atomic mass is 10.2.